The first-order valence-corrected chi connectivity index (χ1v) is 9.60. The van der Waals surface area contributed by atoms with Crippen LogP contribution in [0.3, 0.4) is 0 Å². The van der Waals surface area contributed by atoms with Gasteiger partial charge in [0, 0.05) is 6.04 Å². The Hall–Kier alpha value is -2.22. The van der Waals surface area contributed by atoms with Crippen molar-refractivity contribution in [2.45, 2.75) is 33.2 Å². The summed E-state index contributed by atoms with van der Waals surface area (Å²) in [6.07, 6.45) is 0.443. The first-order valence-electron chi connectivity index (χ1n) is 7.78. The van der Waals surface area contributed by atoms with E-state index in [0.717, 1.165) is 16.8 Å². The van der Waals surface area contributed by atoms with Gasteiger partial charge in [-0.3, -0.25) is 4.79 Å². The Bertz CT molecular complexity index is 902. The third-order valence-corrected chi connectivity index (χ3v) is 6.04. The summed E-state index contributed by atoms with van der Waals surface area (Å²) < 4.78 is 24.6. The third-order valence-electron chi connectivity index (χ3n) is 4.27. The van der Waals surface area contributed by atoms with Crippen LogP contribution >= 0.6 is 0 Å². The predicted molar refractivity (Wildman–Crippen MR) is 90.1 cm³/mol. The molecule has 1 aliphatic rings. The van der Waals surface area contributed by atoms with Gasteiger partial charge in [-0.05, 0) is 44.4 Å². The van der Waals surface area contributed by atoms with Crippen molar-refractivity contribution in [1.82, 2.24) is 20.3 Å². The first-order chi connectivity index (χ1) is 11.3. The van der Waals surface area contributed by atoms with Crippen LogP contribution in [0, 0.1) is 20.8 Å². The zero-order chi connectivity index (χ0) is 17.5. The summed E-state index contributed by atoms with van der Waals surface area (Å²) in [5.74, 6) is -0.277. The molecule has 7 nitrogen and oxygen atoms in total. The van der Waals surface area contributed by atoms with Gasteiger partial charge in [0.2, 0.25) is 0 Å². The number of sulfone groups is 1. The van der Waals surface area contributed by atoms with Crippen molar-refractivity contribution in [2.75, 3.05) is 11.5 Å². The Morgan fingerprint density at radius 2 is 2.04 bits per heavy atom. The first kappa shape index (κ1) is 16.6. The topological polar surface area (TPSA) is 93.9 Å². The number of carbonyl (C=O) groups excluding carboxylic acids is 1. The number of rotatable bonds is 3. The molecule has 1 N–H and O–H groups in total. The molecule has 1 amide bonds. The summed E-state index contributed by atoms with van der Waals surface area (Å²) in [6, 6.07) is 5.64. The Labute approximate surface area is 141 Å². The number of benzene rings is 1. The molecule has 0 radical (unpaired) electrons. The van der Waals surface area contributed by atoms with Crippen molar-refractivity contribution in [3.63, 3.8) is 0 Å². The van der Waals surface area contributed by atoms with Gasteiger partial charge in [0.15, 0.2) is 15.5 Å². The van der Waals surface area contributed by atoms with Gasteiger partial charge in [0.1, 0.15) is 0 Å². The summed E-state index contributed by atoms with van der Waals surface area (Å²) in [6.45, 7) is 5.74. The van der Waals surface area contributed by atoms with Crippen LogP contribution in [0.25, 0.3) is 5.69 Å². The minimum absolute atomic E-state index is 0.0110. The van der Waals surface area contributed by atoms with Gasteiger partial charge in [-0.1, -0.05) is 17.3 Å². The number of amides is 1. The van der Waals surface area contributed by atoms with Crippen molar-refractivity contribution in [3.8, 4) is 5.69 Å². The molecule has 1 aliphatic heterocycles. The molecular formula is C16H20N4O3S. The normalized spacial score (nSPS) is 19.4. The fraction of sp³-hybridized carbons (Fsp3) is 0.438. The van der Waals surface area contributed by atoms with E-state index in [1.165, 1.54) is 0 Å². The third kappa shape index (κ3) is 3.19. The maximum absolute atomic E-state index is 12.4. The van der Waals surface area contributed by atoms with Crippen molar-refractivity contribution in [1.29, 1.82) is 0 Å². The monoisotopic (exact) mass is 348 g/mol. The molecule has 0 aliphatic carbocycles. The largest absolute Gasteiger partial charge is 0.347 e. The molecule has 1 aromatic carbocycles. The fourth-order valence-electron chi connectivity index (χ4n) is 2.88. The molecule has 1 fully saturated rings. The standard InChI is InChI=1S/C16H20N4O3S/c1-10-4-5-11(2)14(8-10)20-12(3)15(18-19-20)16(21)17-13-6-7-24(22,23)9-13/h4-5,8,13H,6-7,9H2,1-3H3,(H,17,21). The SMILES string of the molecule is Cc1ccc(C)c(-n2nnc(C(=O)NC3CCS(=O)(=O)C3)c2C)c1. The number of aromatic nitrogens is 3. The van der Waals surface area contributed by atoms with Crippen LogP contribution in [-0.4, -0.2) is 46.9 Å². The number of aryl methyl sites for hydroxylation is 2. The number of carbonyl (C=O) groups is 1. The number of hydrogen-bond donors (Lipinski definition) is 1. The summed E-state index contributed by atoms with van der Waals surface area (Å²) >= 11 is 0. The van der Waals surface area contributed by atoms with E-state index in [1.54, 1.807) is 11.6 Å². The average Bonchev–Trinajstić information content (AvgIpc) is 3.04. The molecular weight excluding hydrogens is 328 g/mol. The lowest BCUT2D eigenvalue weighted by molar-refractivity contribution is 0.0935. The van der Waals surface area contributed by atoms with Crippen LogP contribution in [0.5, 0.6) is 0 Å². The second-order valence-electron chi connectivity index (χ2n) is 6.30. The summed E-state index contributed by atoms with van der Waals surface area (Å²) in [4.78, 5) is 12.4. The molecule has 8 heteroatoms. The number of nitrogens with zero attached hydrogens (tertiary/aromatic N) is 3. The molecule has 1 atom stereocenters. The van der Waals surface area contributed by atoms with Crippen LogP contribution < -0.4 is 5.32 Å². The van der Waals surface area contributed by atoms with E-state index in [2.05, 4.69) is 15.6 Å². The Morgan fingerprint density at radius 3 is 2.71 bits per heavy atom. The molecule has 0 spiro atoms. The lowest BCUT2D eigenvalue weighted by Crippen LogP contribution is -2.36. The van der Waals surface area contributed by atoms with E-state index in [-0.39, 0.29) is 29.1 Å². The summed E-state index contributed by atoms with van der Waals surface area (Å²) in [5.41, 5.74) is 3.85. The highest BCUT2D eigenvalue weighted by Crippen LogP contribution is 2.18. The molecule has 128 valence electrons. The molecule has 24 heavy (non-hydrogen) atoms. The molecule has 1 unspecified atom stereocenters. The van der Waals surface area contributed by atoms with E-state index in [0.29, 0.717) is 12.1 Å². The van der Waals surface area contributed by atoms with Crippen LogP contribution in [0.4, 0.5) is 0 Å². The molecule has 1 saturated heterocycles. The van der Waals surface area contributed by atoms with Crippen molar-refractivity contribution in [2.24, 2.45) is 0 Å². The quantitative estimate of drug-likeness (QED) is 0.897. The minimum atomic E-state index is -3.04. The van der Waals surface area contributed by atoms with Crippen LogP contribution in [0.2, 0.25) is 0 Å². The van der Waals surface area contributed by atoms with Gasteiger partial charge in [-0.15, -0.1) is 5.10 Å². The van der Waals surface area contributed by atoms with Crippen LogP contribution in [-0.2, 0) is 9.84 Å². The highest BCUT2D eigenvalue weighted by molar-refractivity contribution is 7.91. The highest BCUT2D eigenvalue weighted by atomic mass is 32.2. The van der Waals surface area contributed by atoms with Crippen molar-refractivity contribution < 1.29 is 13.2 Å². The summed E-state index contributed by atoms with van der Waals surface area (Å²) in [7, 11) is -3.04. The van der Waals surface area contributed by atoms with Gasteiger partial charge in [0.05, 0.1) is 22.9 Å². The molecule has 2 heterocycles. The summed E-state index contributed by atoms with van der Waals surface area (Å²) in [5, 5.41) is 10.8. The van der Waals surface area contributed by atoms with E-state index in [1.807, 2.05) is 32.0 Å². The van der Waals surface area contributed by atoms with Crippen LogP contribution in [0.15, 0.2) is 18.2 Å². The van der Waals surface area contributed by atoms with Gasteiger partial charge in [-0.25, -0.2) is 13.1 Å². The van der Waals surface area contributed by atoms with E-state index < -0.39 is 9.84 Å². The Balaban J connectivity index is 1.85. The molecule has 1 aromatic heterocycles. The molecule has 0 saturated carbocycles. The van der Waals surface area contributed by atoms with E-state index in [9.17, 15) is 13.2 Å². The Morgan fingerprint density at radius 1 is 1.29 bits per heavy atom. The zero-order valence-corrected chi connectivity index (χ0v) is 14.7. The van der Waals surface area contributed by atoms with Crippen LogP contribution in [0.1, 0.15) is 33.7 Å². The van der Waals surface area contributed by atoms with Crippen molar-refractivity contribution >= 4 is 15.7 Å². The van der Waals surface area contributed by atoms with Gasteiger partial charge >= 0.3 is 0 Å². The van der Waals surface area contributed by atoms with Crippen molar-refractivity contribution in [3.05, 3.63) is 40.7 Å². The molecule has 0 bridgehead atoms. The highest BCUT2D eigenvalue weighted by Gasteiger charge is 2.30. The van der Waals surface area contributed by atoms with Gasteiger partial charge in [-0.2, -0.15) is 0 Å². The number of hydrogen-bond acceptors (Lipinski definition) is 5. The average molecular weight is 348 g/mol. The van der Waals surface area contributed by atoms with Gasteiger partial charge in [0.25, 0.3) is 5.91 Å². The second-order valence-corrected chi connectivity index (χ2v) is 8.53. The zero-order valence-electron chi connectivity index (χ0n) is 13.9. The second kappa shape index (κ2) is 6.01. The van der Waals surface area contributed by atoms with E-state index >= 15 is 0 Å². The minimum Gasteiger partial charge on any atom is -0.347 e. The fourth-order valence-corrected chi connectivity index (χ4v) is 4.55. The molecule has 3 rings (SSSR count). The lowest BCUT2D eigenvalue weighted by Gasteiger charge is -2.10. The Kier molecular flexibility index (Phi) is 4.16. The van der Waals surface area contributed by atoms with Gasteiger partial charge < -0.3 is 5.32 Å². The number of nitrogens with one attached hydrogen (secondary N) is 1. The smallest absolute Gasteiger partial charge is 0.274 e. The molecule has 2 aromatic rings. The maximum atomic E-state index is 12.4. The van der Waals surface area contributed by atoms with E-state index in [4.69, 9.17) is 0 Å². The maximum Gasteiger partial charge on any atom is 0.274 e. The lowest BCUT2D eigenvalue weighted by atomic mass is 10.1. The predicted octanol–water partition coefficient (Wildman–Crippen LogP) is 1.11.